The van der Waals surface area contributed by atoms with Crippen LogP contribution in [-0.4, -0.2) is 67.9 Å². The van der Waals surface area contributed by atoms with E-state index in [1.54, 1.807) is 12.1 Å². The number of piperidine rings is 1. The number of aliphatic hydroxyl groups excluding tert-OH is 1. The Morgan fingerprint density at radius 3 is 2.68 bits per heavy atom. The first-order valence-electron chi connectivity index (χ1n) is 10.4. The first-order valence-corrected chi connectivity index (χ1v) is 10.4. The smallest absolute Gasteiger partial charge is 0.191 e. The summed E-state index contributed by atoms with van der Waals surface area (Å²) < 4.78 is 18.5. The summed E-state index contributed by atoms with van der Waals surface area (Å²) in [5.74, 6) is 1.11. The molecule has 0 aromatic heterocycles. The number of guanidine groups is 1. The van der Waals surface area contributed by atoms with Gasteiger partial charge in [0.05, 0.1) is 19.3 Å². The molecule has 2 saturated heterocycles. The molecular formula is C21H33FN4O2. The lowest BCUT2D eigenvalue weighted by atomic mass is 10.0. The molecule has 0 saturated carbocycles. The molecule has 3 N–H and O–H groups in total. The quantitative estimate of drug-likeness (QED) is 0.489. The fraction of sp³-hybridized carbons (Fsp3) is 0.667. The topological polar surface area (TPSA) is 69.1 Å². The van der Waals surface area contributed by atoms with Crippen LogP contribution >= 0.6 is 0 Å². The van der Waals surface area contributed by atoms with Crippen LogP contribution in [-0.2, 0) is 4.74 Å². The highest BCUT2D eigenvalue weighted by molar-refractivity contribution is 5.80. The molecule has 2 heterocycles. The maximum absolute atomic E-state index is 13.0. The van der Waals surface area contributed by atoms with Crippen molar-refractivity contribution in [1.82, 2.24) is 15.5 Å². The van der Waals surface area contributed by atoms with Gasteiger partial charge in [0, 0.05) is 38.8 Å². The minimum Gasteiger partial charge on any atom is -0.386 e. The summed E-state index contributed by atoms with van der Waals surface area (Å²) in [6, 6.07) is 6.30. The Morgan fingerprint density at radius 2 is 2.04 bits per heavy atom. The lowest BCUT2D eigenvalue weighted by molar-refractivity contribution is 0.150. The molecule has 2 unspecified atom stereocenters. The van der Waals surface area contributed by atoms with Gasteiger partial charge < -0.3 is 25.4 Å². The summed E-state index contributed by atoms with van der Waals surface area (Å²) in [4.78, 5) is 7.07. The number of aliphatic hydroxyl groups is 1. The van der Waals surface area contributed by atoms with Crippen molar-refractivity contribution < 1.29 is 14.2 Å². The summed E-state index contributed by atoms with van der Waals surface area (Å²) >= 11 is 0. The Labute approximate surface area is 167 Å². The van der Waals surface area contributed by atoms with Crippen LogP contribution in [0.1, 0.15) is 37.9 Å². The summed E-state index contributed by atoms with van der Waals surface area (Å²) in [7, 11) is 0. The summed E-state index contributed by atoms with van der Waals surface area (Å²) in [5.41, 5.74) is 0.671. The standard InChI is InChI=1S/C21H33FN4O2/c1-2-23-21(24-13-20(27)17-3-5-18(22)6-4-17)25-19-7-10-26(11-8-19)14-16-9-12-28-15-16/h3-6,16,19-20,27H,2,7-15H2,1H3,(H2,23,24,25). The highest BCUT2D eigenvalue weighted by atomic mass is 19.1. The van der Waals surface area contributed by atoms with Crippen molar-refractivity contribution in [3.8, 4) is 0 Å². The van der Waals surface area contributed by atoms with E-state index in [2.05, 4.69) is 20.5 Å². The zero-order valence-electron chi connectivity index (χ0n) is 16.7. The third-order valence-corrected chi connectivity index (χ3v) is 5.49. The molecule has 3 rings (SSSR count). The van der Waals surface area contributed by atoms with Gasteiger partial charge >= 0.3 is 0 Å². The van der Waals surface area contributed by atoms with Crippen LogP contribution in [0.15, 0.2) is 29.3 Å². The van der Waals surface area contributed by atoms with Crippen LogP contribution in [0.2, 0.25) is 0 Å². The van der Waals surface area contributed by atoms with Crippen molar-refractivity contribution in [2.45, 2.75) is 38.3 Å². The highest BCUT2D eigenvalue weighted by Gasteiger charge is 2.24. The second kappa shape index (κ2) is 10.7. The predicted molar refractivity (Wildman–Crippen MR) is 109 cm³/mol. The fourth-order valence-corrected chi connectivity index (χ4v) is 3.83. The number of likely N-dealkylation sites (tertiary alicyclic amines) is 1. The number of aliphatic imine (C=N–C) groups is 1. The van der Waals surface area contributed by atoms with Crippen molar-refractivity contribution in [1.29, 1.82) is 0 Å². The zero-order valence-corrected chi connectivity index (χ0v) is 16.7. The third-order valence-electron chi connectivity index (χ3n) is 5.49. The zero-order chi connectivity index (χ0) is 19.8. The molecule has 2 aliphatic heterocycles. The molecule has 2 atom stereocenters. The Bertz CT molecular complexity index is 611. The van der Waals surface area contributed by atoms with Gasteiger partial charge in [-0.25, -0.2) is 4.39 Å². The van der Waals surface area contributed by atoms with E-state index in [9.17, 15) is 9.50 Å². The molecule has 156 valence electrons. The van der Waals surface area contributed by atoms with E-state index in [-0.39, 0.29) is 12.4 Å². The average molecular weight is 393 g/mol. The normalized spacial score (nSPS) is 23.0. The van der Waals surface area contributed by atoms with Crippen LogP contribution in [0.4, 0.5) is 4.39 Å². The van der Waals surface area contributed by atoms with E-state index >= 15 is 0 Å². The molecule has 0 spiro atoms. The number of hydrogen-bond donors (Lipinski definition) is 3. The predicted octanol–water partition coefficient (Wildman–Crippen LogP) is 1.92. The van der Waals surface area contributed by atoms with Crippen LogP contribution in [0.5, 0.6) is 0 Å². The van der Waals surface area contributed by atoms with E-state index in [0.717, 1.165) is 58.2 Å². The third kappa shape index (κ3) is 6.43. The Morgan fingerprint density at radius 1 is 1.29 bits per heavy atom. The van der Waals surface area contributed by atoms with Crippen molar-refractivity contribution >= 4 is 5.96 Å². The lowest BCUT2D eigenvalue weighted by Gasteiger charge is -2.34. The molecule has 2 aliphatic rings. The summed E-state index contributed by atoms with van der Waals surface area (Å²) in [6.07, 6.45) is 2.61. The molecule has 0 radical (unpaired) electrons. The number of nitrogens with zero attached hydrogens (tertiary/aromatic N) is 2. The number of hydrogen-bond acceptors (Lipinski definition) is 4. The molecule has 28 heavy (non-hydrogen) atoms. The van der Waals surface area contributed by atoms with Gasteiger partial charge in [-0.15, -0.1) is 0 Å². The number of ether oxygens (including phenoxy) is 1. The summed E-state index contributed by atoms with van der Waals surface area (Å²) in [6.45, 7) is 8.17. The van der Waals surface area contributed by atoms with Crippen molar-refractivity contribution in [2.75, 3.05) is 45.9 Å². The van der Waals surface area contributed by atoms with Gasteiger partial charge in [0.2, 0.25) is 0 Å². The van der Waals surface area contributed by atoms with Crippen LogP contribution in [0.3, 0.4) is 0 Å². The average Bonchev–Trinajstić information content (AvgIpc) is 3.21. The fourth-order valence-electron chi connectivity index (χ4n) is 3.83. The number of benzene rings is 1. The van der Waals surface area contributed by atoms with Crippen molar-refractivity contribution in [2.24, 2.45) is 10.9 Å². The molecule has 2 fully saturated rings. The number of halogens is 1. The molecule has 0 amide bonds. The van der Waals surface area contributed by atoms with Crippen molar-refractivity contribution in [3.05, 3.63) is 35.6 Å². The van der Waals surface area contributed by atoms with Crippen LogP contribution in [0.25, 0.3) is 0 Å². The first kappa shape index (κ1) is 21.0. The van der Waals surface area contributed by atoms with Gasteiger partial charge in [-0.3, -0.25) is 4.99 Å². The lowest BCUT2D eigenvalue weighted by Crippen LogP contribution is -2.49. The van der Waals surface area contributed by atoms with Gasteiger partial charge in [0.15, 0.2) is 5.96 Å². The monoisotopic (exact) mass is 392 g/mol. The molecule has 0 aliphatic carbocycles. The van der Waals surface area contributed by atoms with Crippen LogP contribution < -0.4 is 10.6 Å². The second-order valence-electron chi connectivity index (χ2n) is 7.74. The van der Waals surface area contributed by atoms with Gasteiger partial charge in [-0.1, -0.05) is 12.1 Å². The molecule has 1 aromatic rings. The molecule has 7 heteroatoms. The van der Waals surface area contributed by atoms with Gasteiger partial charge in [-0.05, 0) is 49.8 Å². The number of rotatable bonds is 7. The molecule has 0 bridgehead atoms. The van der Waals surface area contributed by atoms with E-state index in [1.807, 2.05) is 6.92 Å². The molecular weight excluding hydrogens is 359 g/mol. The van der Waals surface area contributed by atoms with Crippen molar-refractivity contribution in [3.63, 3.8) is 0 Å². The van der Waals surface area contributed by atoms with Crippen LogP contribution in [0, 0.1) is 11.7 Å². The maximum atomic E-state index is 13.0. The summed E-state index contributed by atoms with van der Waals surface area (Å²) in [5, 5.41) is 17.1. The SMILES string of the molecule is CCNC(=NCC(O)c1ccc(F)cc1)NC1CCN(CC2CCOC2)CC1. The minimum absolute atomic E-state index is 0.238. The maximum Gasteiger partial charge on any atom is 0.191 e. The molecule has 1 aromatic carbocycles. The largest absolute Gasteiger partial charge is 0.386 e. The Hall–Kier alpha value is -1.70. The number of nitrogens with one attached hydrogen (secondary N) is 2. The van der Waals surface area contributed by atoms with E-state index < -0.39 is 6.10 Å². The Balaban J connectivity index is 1.46. The van der Waals surface area contributed by atoms with Gasteiger partial charge in [0.1, 0.15) is 5.82 Å². The second-order valence-corrected chi connectivity index (χ2v) is 7.74. The van der Waals surface area contributed by atoms with Gasteiger partial charge in [-0.2, -0.15) is 0 Å². The van der Waals surface area contributed by atoms with E-state index in [0.29, 0.717) is 17.5 Å². The van der Waals surface area contributed by atoms with E-state index in [1.165, 1.54) is 18.6 Å². The Kier molecular flexibility index (Phi) is 8.06. The van der Waals surface area contributed by atoms with E-state index in [4.69, 9.17) is 4.74 Å². The molecule has 6 nitrogen and oxygen atoms in total. The highest BCUT2D eigenvalue weighted by Crippen LogP contribution is 2.18. The van der Waals surface area contributed by atoms with Gasteiger partial charge in [0.25, 0.3) is 0 Å². The first-order chi connectivity index (χ1) is 13.6. The minimum atomic E-state index is -0.744.